The van der Waals surface area contributed by atoms with Crippen LogP contribution < -0.4 is 44.0 Å². The predicted octanol–water partition coefficient (Wildman–Crippen LogP) is -8.27. The minimum Gasteiger partial charge on any atom is 3.00 e. The van der Waals surface area contributed by atoms with Crippen LogP contribution in [0.2, 0.25) is 0 Å². The number of hydrogen-bond donors (Lipinski definition) is 0. The van der Waals surface area contributed by atoms with Crippen LogP contribution in [0.25, 0.3) is 0 Å². The normalized spacial score (nSPS) is 16.4. The van der Waals surface area contributed by atoms with E-state index in [1.165, 1.54) is 0 Å². The molecule has 0 aromatic carbocycles. The van der Waals surface area contributed by atoms with E-state index >= 15 is 0 Å². The van der Waals surface area contributed by atoms with Crippen molar-refractivity contribution in [3.8, 4) is 0 Å². The Bertz CT molecular complexity index is 186. The van der Waals surface area contributed by atoms with Crippen LogP contribution in [0, 0.1) is 0 Å². The first-order valence-corrected chi connectivity index (χ1v) is 13.0. The first-order valence-electron chi connectivity index (χ1n) is 4.33. The van der Waals surface area contributed by atoms with Crippen molar-refractivity contribution in [1.29, 1.82) is 0 Å². The third-order valence-corrected chi connectivity index (χ3v) is 0. The fourth-order valence-corrected chi connectivity index (χ4v) is 0. The zero-order valence-electron chi connectivity index (χ0n) is 12.4. The molecule has 0 amide bonds. The third-order valence-electron chi connectivity index (χ3n) is 0. The van der Waals surface area contributed by atoms with Crippen molar-refractivity contribution in [3.63, 3.8) is 0 Å². The van der Waals surface area contributed by atoms with Crippen LogP contribution in [0.3, 0.4) is 0 Å². The summed E-state index contributed by atoms with van der Waals surface area (Å²) in [4.78, 5) is 87.3. The van der Waals surface area contributed by atoms with Crippen molar-refractivity contribution in [2.24, 2.45) is 0 Å². The van der Waals surface area contributed by atoms with Gasteiger partial charge in [-0.05, 0) is 0 Å². The van der Waals surface area contributed by atoms with E-state index in [4.69, 9.17) is 0 Å². The van der Waals surface area contributed by atoms with Crippen LogP contribution in [0.15, 0.2) is 0 Å². The maximum atomic E-state index is 9.70. The van der Waals surface area contributed by atoms with Gasteiger partial charge >= 0.3 is 179 Å². The van der Waals surface area contributed by atoms with Crippen molar-refractivity contribution in [2.75, 3.05) is 40.0 Å². The molecule has 0 atom stereocenters. The van der Waals surface area contributed by atoms with Gasteiger partial charge in [-0.25, -0.2) is 0 Å². The molecule has 0 saturated heterocycles. The molecule has 0 aliphatic carbocycles. The van der Waals surface area contributed by atoms with Gasteiger partial charge in [0.15, 0.2) is 0 Å². The summed E-state index contributed by atoms with van der Waals surface area (Å²) < 4.78 is 0. The van der Waals surface area contributed by atoms with Crippen LogP contribution in [-0.2, 0) is 0 Å². The molecule has 126 valence electrons. The van der Waals surface area contributed by atoms with Crippen LogP contribution in [0.5, 0.6) is 0 Å². The van der Waals surface area contributed by atoms with Crippen molar-refractivity contribution in [2.45, 2.75) is 0 Å². The summed E-state index contributed by atoms with van der Waals surface area (Å²) in [6.07, 6.45) is 0. The largest absolute Gasteiger partial charge is 3.00 e. The molecule has 0 spiro atoms. The molecule has 0 aliphatic heterocycles. The van der Waals surface area contributed by atoms with E-state index in [1.54, 1.807) is 0 Å². The molecule has 0 heterocycles. The topological polar surface area (TPSA) is 208 Å². The fourth-order valence-electron chi connectivity index (χ4n) is 0. The van der Waals surface area contributed by atoms with Gasteiger partial charge < -0.3 is 0 Å². The van der Waals surface area contributed by atoms with Gasteiger partial charge in [-0.15, -0.1) is 0 Å². The summed E-state index contributed by atoms with van der Waals surface area (Å²) in [5.74, 6) is 0. The second-order valence-corrected chi connectivity index (χ2v) is 15.9. The Kier molecular flexibility index (Phi) is 19.8. The number of rotatable bonds is 0. The van der Waals surface area contributed by atoms with Crippen molar-refractivity contribution in [1.82, 2.24) is 0 Å². The Morgan fingerprint density at radius 2 is 0.333 bits per heavy atom. The molecule has 0 rings (SSSR count). The van der Waals surface area contributed by atoms with Crippen LogP contribution in [-0.4, -0.2) is 113 Å². The fraction of sp³-hybridized carbons (Fsp3) is 1.00. The van der Waals surface area contributed by atoms with Gasteiger partial charge in [0.25, 0.3) is 0 Å². The minimum absolute atomic E-state index is 0. The Morgan fingerprint density at radius 1 is 0.333 bits per heavy atom. The summed E-state index contributed by atoms with van der Waals surface area (Å²) in [7, 11) is -14.4. The van der Waals surface area contributed by atoms with E-state index < -0.39 is 21.9 Å². The molecule has 15 heteroatoms. The molecule has 0 aliphatic rings. The van der Waals surface area contributed by atoms with Crippen LogP contribution >= 0.6 is 21.9 Å². The molecule has 6 radical (unpaired) electrons. The van der Waals surface area contributed by atoms with Crippen molar-refractivity contribution >= 4 is 95.1 Å². The van der Waals surface area contributed by atoms with Gasteiger partial charge in [0.2, 0.25) is 0 Å². The molecule has 0 aromatic heterocycles. The maximum Gasteiger partial charge on any atom is 3.00 e. The van der Waals surface area contributed by atoms with Gasteiger partial charge in [-0.3, -0.25) is 0 Å². The van der Waals surface area contributed by atoms with E-state index in [0.29, 0.717) is 40.0 Å². The maximum absolute atomic E-state index is 9.70. The Morgan fingerprint density at radius 3 is 0.333 bits per heavy atom. The second kappa shape index (κ2) is 10.5. The number of hydrogen-bond acceptors (Lipinski definition) is 9. The molecular weight excluding hydrogens is 674 g/mol. The van der Waals surface area contributed by atoms with Gasteiger partial charge in [0.05, 0.1) is 0 Å². The van der Waals surface area contributed by atoms with E-state index in [1.807, 2.05) is 0 Å². The molecule has 0 aromatic rings. The summed E-state index contributed by atoms with van der Waals surface area (Å²) >= 11 is 0. The zero-order chi connectivity index (χ0) is 16.3. The van der Waals surface area contributed by atoms with Crippen molar-refractivity contribution < 1.29 is 44.0 Å². The van der Waals surface area contributed by atoms with Crippen molar-refractivity contribution in [3.05, 3.63) is 0 Å². The van der Waals surface area contributed by atoms with Crippen LogP contribution in [0.4, 0.5) is 0 Å². The minimum atomic E-state index is -4.80. The standard InChI is InChI=1S/3C2H6O3P.3Sb/c3*1-6(2,3,4)5;;;/h3*1-2H3;;;/q3*-3;3*+3. The molecule has 21 heavy (non-hydrogen) atoms. The smallest absolute Gasteiger partial charge is 3.00 e. The summed E-state index contributed by atoms with van der Waals surface area (Å²) in [6, 6.07) is 0. The van der Waals surface area contributed by atoms with Gasteiger partial charge in [0.1, 0.15) is 0 Å². The predicted molar refractivity (Wildman–Crippen MR) is 73.6 cm³/mol. The quantitative estimate of drug-likeness (QED) is 0.174. The molecule has 0 bridgehead atoms. The molecule has 0 unspecified atom stereocenters. The molecule has 0 fully saturated rings. The Balaban J connectivity index is -0.0000000375. The zero-order valence-corrected chi connectivity index (χ0v) is 22.7. The third kappa shape index (κ3) is 934. The molecular formula is C6H18O9P3Sb3. The van der Waals surface area contributed by atoms with E-state index in [2.05, 4.69) is 0 Å². The summed E-state index contributed by atoms with van der Waals surface area (Å²) in [5.41, 5.74) is 0. The van der Waals surface area contributed by atoms with Gasteiger partial charge in [0, 0.05) is 0 Å². The Hall–Kier alpha value is 3.38. The van der Waals surface area contributed by atoms with Gasteiger partial charge in [-0.1, -0.05) is 0 Å². The molecule has 9 nitrogen and oxygen atoms in total. The van der Waals surface area contributed by atoms with E-state index in [0.717, 1.165) is 0 Å². The van der Waals surface area contributed by atoms with Gasteiger partial charge in [-0.2, -0.15) is 0 Å². The van der Waals surface area contributed by atoms with E-state index in [9.17, 15) is 44.0 Å². The summed E-state index contributed by atoms with van der Waals surface area (Å²) in [5, 5.41) is 0. The first kappa shape index (κ1) is 39.5. The summed E-state index contributed by atoms with van der Waals surface area (Å²) in [6.45, 7) is 4.03. The first-order chi connectivity index (χ1) is 6.71. The average Bonchev–Trinajstić information content (AvgIpc) is 1.29. The van der Waals surface area contributed by atoms with E-state index in [-0.39, 0.29) is 73.3 Å². The molecule has 0 N–H and O–H groups in total. The Labute approximate surface area is 177 Å². The SMILES string of the molecule is CP(C)([O-])([O-])[O-].CP(C)([O-])([O-])[O-].CP(C)([O-])([O-])[O-].[Sb+3].[Sb+3].[Sb+3]. The van der Waals surface area contributed by atoms with Crippen LogP contribution in [0.1, 0.15) is 0 Å². The molecule has 0 saturated carbocycles. The monoisotopic (exact) mass is 690 g/mol. The second-order valence-electron chi connectivity index (χ2n) is 5.30. The average molecular weight is 692 g/mol.